The Kier molecular flexibility index (Phi) is 1.94. The van der Waals surface area contributed by atoms with Crippen molar-refractivity contribution < 1.29 is 9.90 Å². The number of carbonyl (C=O) groups is 1. The largest absolute Gasteiger partial charge is 0.507 e. The Morgan fingerprint density at radius 1 is 1.36 bits per heavy atom. The lowest BCUT2D eigenvalue weighted by Gasteiger charge is -1.98. The molecular formula is C8H6N4O2. The number of tetrazole rings is 1. The van der Waals surface area contributed by atoms with Crippen LogP contribution in [-0.4, -0.2) is 31.5 Å². The SMILES string of the molecule is O=C(c1nn[nH]n1)c1ccccc1O. The van der Waals surface area contributed by atoms with Crippen LogP contribution >= 0.6 is 0 Å². The van der Waals surface area contributed by atoms with E-state index in [1.54, 1.807) is 12.1 Å². The Bertz CT molecular complexity index is 452. The van der Waals surface area contributed by atoms with Crippen LogP contribution in [0.5, 0.6) is 5.75 Å². The highest BCUT2D eigenvalue weighted by Crippen LogP contribution is 2.17. The minimum absolute atomic E-state index is 0.0634. The average Bonchev–Trinajstić information content (AvgIpc) is 2.70. The lowest BCUT2D eigenvalue weighted by molar-refractivity contribution is 0.102. The summed E-state index contributed by atoms with van der Waals surface area (Å²) in [7, 11) is 0. The quantitative estimate of drug-likeness (QED) is 0.657. The molecule has 70 valence electrons. The highest BCUT2D eigenvalue weighted by atomic mass is 16.3. The summed E-state index contributed by atoms with van der Waals surface area (Å²) < 4.78 is 0. The molecule has 0 unspecified atom stereocenters. The highest BCUT2D eigenvalue weighted by molar-refractivity contribution is 6.08. The third-order valence-corrected chi connectivity index (χ3v) is 1.70. The minimum atomic E-state index is -0.461. The molecule has 2 N–H and O–H groups in total. The fourth-order valence-corrected chi connectivity index (χ4v) is 1.04. The number of carbonyl (C=O) groups excluding carboxylic acids is 1. The number of nitrogens with zero attached hydrogens (tertiary/aromatic N) is 3. The summed E-state index contributed by atoms with van der Waals surface area (Å²) in [4.78, 5) is 11.6. The number of aromatic amines is 1. The first-order valence-electron chi connectivity index (χ1n) is 3.85. The number of hydrogen-bond acceptors (Lipinski definition) is 5. The Morgan fingerprint density at radius 3 is 2.79 bits per heavy atom. The van der Waals surface area contributed by atoms with Gasteiger partial charge in [0.25, 0.3) is 0 Å². The van der Waals surface area contributed by atoms with Crippen molar-refractivity contribution in [2.45, 2.75) is 0 Å². The number of H-pyrrole nitrogens is 1. The molecule has 1 aromatic carbocycles. The number of hydrogen-bond donors (Lipinski definition) is 2. The van der Waals surface area contributed by atoms with E-state index in [-0.39, 0.29) is 17.1 Å². The minimum Gasteiger partial charge on any atom is -0.507 e. The van der Waals surface area contributed by atoms with Crippen LogP contribution in [0.4, 0.5) is 0 Å². The topological polar surface area (TPSA) is 91.8 Å². The second-order valence-corrected chi connectivity index (χ2v) is 2.58. The number of phenolic OH excluding ortho intramolecular Hbond substituents is 1. The van der Waals surface area contributed by atoms with Crippen molar-refractivity contribution in [3.8, 4) is 5.75 Å². The van der Waals surface area contributed by atoms with E-state index in [0.717, 1.165) is 0 Å². The van der Waals surface area contributed by atoms with E-state index in [0.29, 0.717) is 0 Å². The zero-order chi connectivity index (χ0) is 9.97. The third kappa shape index (κ3) is 1.33. The van der Waals surface area contributed by atoms with Gasteiger partial charge in [-0.25, -0.2) is 0 Å². The molecule has 0 fully saturated rings. The van der Waals surface area contributed by atoms with Gasteiger partial charge in [-0.05, 0) is 17.3 Å². The Hall–Kier alpha value is -2.24. The van der Waals surface area contributed by atoms with Crippen molar-refractivity contribution in [1.29, 1.82) is 0 Å². The Balaban J connectivity index is 2.42. The van der Waals surface area contributed by atoms with Gasteiger partial charge in [0.2, 0.25) is 11.6 Å². The second-order valence-electron chi connectivity index (χ2n) is 2.58. The lowest BCUT2D eigenvalue weighted by Crippen LogP contribution is -2.03. The van der Waals surface area contributed by atoms with Gasteiger partial charge in [-0.15, -0.1) is 10.2 Å². The van der Waals surface area contributed by atoms with Crippen LogP contribution in [0.25, 0.3) is 0 Å². The van der Waals surface area contributed by atoms with E-state index in [1.807, 2.05) is 0 Å². The molecular weight excluding hydrogens is 184 g/mol. The van der Waals surface area contributed by atoms with E-state index in [4.69, 9.17) is 0 Å². The summed E-state index contributed by atoms with van der Waals surface area (Å²) in [6.45, 7) is 0. The molecule has 14 heavy (non-hydrogen) atoms. The molecule has 6 nitrogen and oxygen atoms in total. The molecule has 0 aliphatic heterocycles. The first kappa shape index (κ1) is 8.36. The van der Waals surface area contributed by atoms with Gasteiger partial charge in [0.15, 0.2) is 0 Å². The van der Waals surface area contributed by atoms with Crippen molar-refractivity contribution in [2.75, 3.05) is 0 Å². The number of benzene rings is 1. The van der Waals surface area contributed by atoms with E-state index in [1.165, 1.54) is 12.1 Å². The number of phenols is 1. The number of rotatable bonds is 2. The molecule has 0 spiro atoms. The van der Waals surface area contributed by atoms with E-state index in [9.17, 15) is 9.90 Å². The molecule has 2 aromatic rings. The zero-order valence-electron chi connectivity index (χ0n) is 7.01. The predicted octanol–water partition coefficient (Wildman–Crippen LogP) is 0.136. The van der Waals surface area contributed by atoms with E-state index in [2.05, 4.69) is 20.6 Å². The average molecular weight is 190 g/mol. The number of ketones is 1. The van der Waals surface area contributed by atoms with Crippen molar-refractivity contribution in [3.05, 3.63) is 35.7 Å². The molecule has 6 heteroatoms. The third-order valence-electron chi connectivity index (χ3n) is 1.70. The van der Waals surface area contributed by atoms with Crippen molar-refractivity contribution in [1.82, 2.24) is 20.6 Å². The van der Waals surface area contributed by atoms with Crippen LogP contribution in [-0.2, 0) is 0 Å². The first-order chi connectivity index (χ1) is 6.79. The van der Waals surface area contributed by atoms with Gasteiger partial charge in [-0.2, -0.15) is 5.21 Å². The van der Waals surface area contributed by atoms with Gasteiger partial charge < -0.3 is 5.11 Å². The second kappa shape index (κ2) is 3.25. The van der Waals surface area contributed by atoms with Crippen molar-refractivity contribution in [2.24, 2.45) is 0 Å². The van der Waals surface area contributed by atoms with Gasteiger partial charge in [0.1, 0.15) is 5.75 Å². The fourth-order valence-electron chi connectivity index (χ4n) is 1.04. The molecule has 0 atom stereocenters. The lowest BCUT2D eigenvalue weighted by atomic mass is 10.1. The van der Waals surface area contributed by atoms with Crippen LogP contribution in [0, 0.1) is 0 Å². The van der Waals surface area contributed by atoms with E-state index >= 15 is 0 Å². The van der Waals surface area contributed by atoms with Crippen LogP contribution in [0.15, 0.2) is 24.3 Å². The summed E-state index contributed by atoms with van der Waals surface area (Å²) in [5, 5.41) is 21.9. The summed E-state index contributed by atoms with van der Waals surface area (Å²) in [5.74, 6) is -0.620. The van der Waals surface area contributed by atoms with Crippen LogP contribution in [0.3, 0.4) is 0 Å². The molecule has 0 aliphatic carbocycles. The number of aromatic nitrogens is 4. The monoisotopic (exact) mass is 190 g/mol. The molecule has 0 saturated carbocycles. The standard InChI is InChI=1S/C8H6N4O2/c13-6-4-2-1-3-5(6)7(14)8-9-11-12-10-8/h1-4,13H,(H,9,10,11,12). The normalized spacial score (nSPS) is 10.0. The molecule has 1 aromatic heterocycles. The maximum absolute atomic E-state index is 11.6. The maximum atomic E-state index is 11.6. The summed E-state index contributed by atoms with van der Waals surface area (Å²) >= 11 is 0. The molecule has 2 rings (SSSR count). The van der Waals surface area contributed by atoms with Crippen molar-refractivity contribution >= 4 is 5.78 Å². The summed E-state index contributed by atoms with van der Waals surface area (Å²) in [6, 6.07) is 6.19. The van der Waals surface area contributed by atoms with Crippen LogP contribution < -0.4 is 0 Å². The molecule has 0 radical (unpaired) electrons. The molecule has 0 bridgehead atoms. The molecule has 0 amide bonds. The summed E-state index contributed by atoms with van der Waals surface area (Å²) in [5.41, 5.74) is 0.161. The Labute approximate surface area is 78.6 Å². The number of nitrogens with one attached hydrogen (secondary N) is 1. The van der Waals surface area contributed by atoms with Gasteiger partial charge in [0, 0.05) is 0 Å². The number of para-hydroxylation sites is 1. The fraction of sp³-hybridized carbons (Fsp3) is 0. The highest BCUT2D eigenvalue weighted by Gasteiger charge is 2.16. The van der Waals surface area contributed by atoms with E-state index < -0.39 is 5.78 Å². The summed E-state index contributed by atoms with van der Waals surface area (Å²) in [6.07, 6.45) is 0. The van der Waals surface area contributed by atoms with Crippen LogP contribution in [0.2, 0.25) is 0 Å². The number of aromatic hydroxyl groups is 1. The molecule has 1 heterocycles. The smallest absolute Gasteiger partial charge is 0.245 e. The molecule has 0 aliphatic rings. The zero-order valence-corrected chi connectivity index (χ0v) is 7.01. The first-order valence-corrected chi connectivity index (χ1v) is 3.85. The van der Waals surface area contributed by atoms with Gasteiger partial charge in [-0.3, -0.25) is 4.79 Å². The van der Waals surface area contributed by atoms with Crippen LogP contribution in [0.1, 0.15) is 16.2 Å². The van der Waals surface area contributed by atoms with Gasteiger partial charge in [0.05, 0.1) is 5.56 Å². The Morgan fingerprint density at radius 2 is 2.14 bits per heavy atom. The predicted molar refractivity (Wildman–Crippen MR) is 45.7 cm³/mol. The van der Waals surface area contributed by atoms with Crippen molar-refractivity contribution in [3.63, 3.8) is 0 Å². The van der Waals surface area contributed by atoms with Gasteiger partial charge in [-0.1, -0.05) is 12.1 Å². The molecule has 0 saturated heterocycles. The van der Waals surface area contributed by atoms with Gasteiger partial charge >= 0.3 is 0 Å². The maximum Gasteiger partial charge on any atom is 0.245 e.